The molecule has 1 saturated heterocycles. The van der Waals surface area contributed by atoms with Gasteiger partial charge in [0.2, 0.25) is 5.88 Å². The second kappa shape index (κ2) is 6.26. The van der Waals surface area contributed by atoms with Gasteiger partial charge in [0.25, 0.3) is 0 Å². The van der Waals surface area contributed by atoms with Crippen LogP contribution >= 0.6 is 0 Å². The second-order valence-corrected chi connectivity index (χ2v) is 4.92. The first-order valence-electron chi connectivity index (χ1n) is 7.06. The van der Waals surface area contributed by atoms with Crippen molar-refractivity contribution in [2.45, 2.75) is 12.8 Å². The van der Waals surface area contributed by atoms with Crippen molar-refractivity contribution >= 4 is 11.7 Å². The number of aromatic nitrogens is 1. The molecule has 0 bridgehead atoms. The van der Waals surface area contributed by atoms with Gasteiger partial charge in [-0.15, -0.1) is 0 Å². The van der Waals surface area contributed by atoms with Crippen molar-refractivity contribution in [1.29, 1.82) is 0 Å². The van der Waals surface area contributed by atoms with Gasteiger partial charge in [0.1, 0.15) is 5.75 Å². The molecule has 3 rings (SSSR count). The van der Waals surface area contributed by atoms with E-state index in [-0.39, 0.29) is 6.03 Å². The quantitative estimate of drug-likeness (QED) is 0.938. The van der Waals surface area contributed by atoms with Crippen LogP contribution in [0.3, 0.4) is 0 Å². The number of carbonyl (C=O) groups is 1. The molecule has 2 amide bonds. The molecule has 2 aromatic rings. The molecule has 0 aliphatic carbocycles. The molecular formula is C16H17N3O2. The van der Waals surface area contributed by atoms with Crippen LogP contribution in [-0.4, -0.2) is 29.0 Å². The van der Waals surface area contributed by atoms with Gasteiger partial charge in [-0.3, -0.25) is 0 Å². The zero-order valence-corrected chi connectivity index (χ0v) is 11.7. The van der Waals surface area contributed by atoms with Crippen LogP contribution in [0, 0.1) is 0 Å². The highest BCUT2D eigenvalue weighted by Crippen LogP contribution is 2.21. The zero-order valence-electron chi connectivity index (χ0n) is 11.7. The van der Waals surface area contributed by atoms with E-state index >= 15 is 0 Å². The number of para-hydroxylation sites is 1. The van der Waals surface area contributed by atoms with E-state index < -0.39 is 0 Å². The first-order valence-corrected chi connectivity index (χ1v) is 7.06. The molecule has 1 fully saturated rings. The fourth-order valence-electron chi connectivity index (χ4n) is 2.28. The molecule has 0 unspecified atom stereocenters. The highest BCUT2D eigenvalue weighted by atomic mass is 16.5. The lowest BCUT2D eigenvalue weighted by molar-refractivity contribution is 0.222. The minimum atomic E-state index is -0.0654. The number of hydrogen-bond acceptors (Lipinski definition) is 3. The van der Waals surface area contributed by atoms with Crippen molar-refractivity contribution in [2.75, 3.05) is 18.4 Å². The molecule has 0 radical (unpaired) electrons. The average Bonchev–Trinajstić information content (AvgIpc) is 3.03. The molecule has 5 nitrogen and oxygen atoms in total. The van der Waals surface area contributed by atoms with Gasteiger partial charge in [0.05, 0.1) is 0 Å². The SMILES string of the molecule is O=C(Nc1ccnc(Oc2ccccc2)c1)N1CCCC1. The topological polar surface area (TPSA) is 54.5 Å². The maximum Gasteiger partial charge on any atom is 0.321 e. The molecule has 0 saturated carbocycles. The molecule has 2 heterocycles. The first kappa shape index (κ1) is 13.4. The van der Waals surface area contributed by atoms with E-state index in [9.17, 15) is 4.79 Å². The lowest BCUT2D eigenvalue weighted by atomic mass is 10.3. The minimum Gasteiger partial charge on any atom is -0.439 e. The van der Waals surface area contributed by atoms with Crippen molar-refractivity contribution < 1.29 is 9.53 Å². The highest BCUT2D eigenvalue weighted by Gasteiger charge is 2.17. The number of anilines is 1. The van der Waals surface area contributed by atoms with Gasteiger partial charge in [0.15, 0.2) is 0 Å². The van der Waals surface area contributed by atoms with E-state index in [0.29, 0.717) is 17.3 Å². The number of hydrogen-bond donors (Lipinski definition) is 1. The van der Waals surface area contributed by atoms with Crippen LogP contribution in [0.25, 0.3) is 0 Å². The van der Waals surface area contributed by atoms with Crippen molar-refractivity contribution in [3.05, 3.63) is 48.7 Å². The standard InChI is InChI=1S/C16H17N3O2/c20-16(19-10-4-5-11-19)18-13-8-9-17-15(12-13)21-14-6-2-1-3-7-14/h1-3,6-9,12H,4-5,10-11H2,(H,17,18,20). The van der Waals surface area contributed by atoms with Crippen LogP contribution < -0.4 is 10.1 Å². The third-order valence-corrected chi connectivity index (χ3v) is 3.35. The fourth-order valence-corrected chi connectivity index (χ4v) is 2.28. The Bertz CT molecular complexity index is 610. The third-order valence-electron chi connectivity index (χ3n) is 3.35. The Hall–Kier alpha value is -2.56. The Morgan fingerprint density at radius 2 is 1.90 bits per heavy atom. The van der Waals surface area contributed by atoms with E-state index in [1.54, 1.807) is 18.3 Å². The summed E-state index contributed by atoms with van der Waals surface area (Å²) >= 11 is 0. The van der Waals surface area contributed by atoms with E-state index in [2.05, 4.69) is 10.3 Å². The van der Waals surface area contributed by atoms with E-state index in [0.717, 1.165) is 25.9 Å². The molecule has 21 heavy (non-hydrogen) atoms. The lowest BCUT2D eigenvalue weighted by Crippen LogP contribution is -2.32. The maximum absolute atomic E-state index is 12.0. The third kappa shape index (κ3) is 3.51. The fraction of sp³-hybridized carbons (Fsp3) is 0.250. The number of amides is 2. The predicted octanol–water partition coefficient (Wildman–Crippen LogP) is 3.50. The first-order chi connectivity index (χ1) is 10.3. The van der Waals surface area contributed by atoms with Crippen LogP contribution in [0.1, 0.15) is 12.8 Å². The normalized spacial score (nSPS) is 14.0. The summed E-state index contributed by atoms with van der Waals surface area (Å²) in [4.78, 5) is 18.0. The smallest absolute Gasteiger partial charge is 0.321 e. The summed E-state index contributed by atoms with van der Waals surface area (Å²) in [6.45, 7) is 1.65. The van der Waals surface area contributed by atoms with Crippen LogP contribution in [0.5, 0.6) is 11.6 Å². The molecular weight excluding hydrogens is 266 g/mol. The van der Waals surface area contributed by atoms with Crippen LogP contribution in [0.4, 0.5) is 10.5 Å². The molecule has 1 aromatic carbocycles. The number of nitrogens with zero attached hydrogens (tertiary/aromatic N) is 2. The summed E-state index contributed by atoms with van der Waals surface area (Å²) < 4.78 is 5.65. The molecule has 1 aliphatic heterocycles. The van der Waals surface area contributed by atoms with Gasteiger partial charge in [-0.05, 0) is 31.0 Å². The number of ether oxygens (including phenoxy) is 1. The number of carbonyl (C=O) groups excluding carboxylic acids is 1. The Balaban J connectivity index is 1.66. The Kier molecular flexibility index (Phi) is 4.00. The largest absolute Gasteiger partial charge is 0.439 e. The van der Waals surface area contributed by atoms with Crippen molar-refractivity contribution in [3.63, 3.8) is 0 Å². The van der Waals surface area contributed by atoms with Gasteiger partial charge < -0.3 is 15.0 Å². The minimum absolute atomic E-state index is 0.0654. The summed E-state index contributed by atoms with van der Waals surface area (Å²) in [5.74, 6) is 1.17. The molecule has 5 heteroatoms. The van der Waals surface area contributed by atoms with Crippen molar-refractivity contribution in [2.24, 2.45) is 0 Å². The van der Waals surface area contributed by atoms with Crippen LogP contribution in [0.2, 0.25) is 0 Å². The number of pyridine rings is 1. The highest BCUT2D eigenvalue weighted by molar-refractivity contribution is 5.89. The summed E-state index contributed by atoms with van der Waals surface area (Å²) in [5.41, 5.74) is 0.688. The summed E-state index contributed by atoms with van der Waals surface area (Å²) in [6, 6.07) is 12.8. The Morgan fingerprint density at radius 3 is 2.67 bits per heavy atom. The molecule has 0 atom stereocenters. The molecule has 1 aromatic heterocycles. The van der Waals surface area contributed by atoms with E-state index in [4.69, 9.17) is 4.74 Å². The van der Waals surface area contributed by atoms with Gasteiger partial charge >= 0.3 is 6.03 Å². The van der Waals surface area contributed by atoms with Gasteiger partial charge in [0, 0.05) is 31.0 Å². The van der Waals surface area contributed by atoms with Gasteiger partial charge in [-0.25, -0.2) is 9.78 Å². The maximum atomic E-state index is 12.0. The second-order valence-electron chi connectivity index (χ2n) is 4.92. The number of nitrogens with one attached hydrogen (secondary N) is 1. The number of urea groups is 1. The molecule has 1 N–H and O–H groups in total. The van der Waals surface area contributed by atoms with Crippen molar-refractivity contribution in [3.8, 4) is 11.6 Å². The van der Waals surface area contributed by atoms with E-state index in [1.807, 2.05) is 35.2 Å². The predicted molar refractivity (Wildman–Crippen MR) is 80.6 cm³/mol. The monoisotopic (exact) mass is 283 g/mol. The van der Waals surface area contributed by atoms with Gasteiger partial charge in [-0.1, -0.05) is 18.2 Å². The Morgan fingerprint density at radius 1 is 1.14 bits per heavy atom. The van der Waals surface area contributed by atoms with Crippen molar-refractivity contribution in [1.82, 2.24) is 9.88 Å². The molecule has 1 aliphatic rings. The zero-order chi connectivity index (χ0) is 14.5. The summed E-state index contributed by atoms with van der Waals surface area (Å²) in [7, 11) is 0. The molecule has 0 spiro atoms. The number of benzene rings is 1. The van der Waals surface area contributed by atoms with Crippen LogP contribution in [0.15, 0.2) is 48.7 Å². The molecule has 108 valence electrons. The number of likely N-dealkylation sites (tertiary alicyclic amines) is 1. The summed E-state index contributed by atoms with van der Waals surface area (Å²) in [6.07, 6.45) is 3.77. The summed E-state index contributed by atoms with van der Waals surface area (Å²) in [5, 5.41) is 2.88. The van der Waals surface area contributed by atoms with Crippen LogP contribution in [-0.2, 0) is 0 Å². The lowest BCUT2D eigenvalue weighted by Gasteiger charge is -2.16. The Labute approximate surface area is 123 Å². The van der Waals surface area contributed by atoms with E-state index in [1.165, 1.54) is 0 Å². The average molecular weight is 283 g/mol. The number of rotatable bonds is 3. The van der Waals surface area contributed by atoms with Gasteiger partial charge in [-0.2, -0.15) is 0 Å².